The van der Waals surface area contributed by atoms with E-state index in [2.05, 4.69) is 5.32 Å². The van der Waals surface area contributed by atoms with E-state index in [0.29, 0.717) is 47.6 Å². The van der Waals surface area contributed by atoms with E-state index >= 15 is 0 Å². The highest BCUT2D eigenvalue weighted by atomic mass is 35.5. The van der Waals surface area contributed by atoms with Crippen molar-refractivity contribution in [3.63, 3.8) is 0 Å². The molecule has 8 heteroatoms. The standard InChI is InChI=1S/C22H30N2O5.ClH/c1-14(2)13-24-22(25)17-12-18(20(27-4)21(28-5)19(17)26-3)29-16-8-6-15(7-9-16)10-11-23;/h6-9,12,14H,10-11,13,23H2,1-5H3,(H,24,25);1H. The van der Waals surface area contributed by atoms with Crippen molar-refractivity contribution in [2.75, 3.05) is 34.4 Å². The summed E-state index contributed by atoms with van der Waals surface area (Å²) in [6, 6.07) is 9.19. The number of nitrogens with two attached hydrogens (primary N) is 1. The van der Waals surface area contributed by atoms with Crippen LogP contribution in [-0.4, -0.2) is 40.3 Å². The monoisotopic (exact) mass is 438 g/mol. The molecule has 0 atom stereocenters. The molecule has 0 radical (unpaired) electrons. The minimum atomic E-state index is -0.278. The van der Waals surface area contributed by atoms with Crippen LogP contribution in [0.3, 0.4) is 0 Å². The highest BCUT2D eigenvalue weighted by Crippen LogP contribution is 2.47. The number of carbonyl (C=O) groups excluding carboxylic acids is 1. The van der Waals surface area contributed by atoms with Gasteiger partial charge < -0.3 is 30.0 Å². The Morgan fingerprint density at radius 2 is 1.60 bits per heavy atom. The number of ether oxygens (including phenoxy) is 4. The van der Waals surface area contributed by atoms with Crippen LogP contribution in [0, 0.1) is 5.92 Å². The number of carbonyl (C=O) groups is 1. The fourth-order valence-corrected chi connectivity index (χ4v) is 2.84. The van der Waals surface area contributed by atoms with E-state index in [1.165, 1.54) is 21.3 Å². The van der Waals surface area contributed by atoms with E-state index in [0.717, 1.165) is 12.0 Å². The van der Waals surface area contributed by atoms with Gasteiger partial charge in [-0.2, -0.15) is 0 Å². The van der Waals surface area contributed by atoms with Gasteiger partial charge in [0.2, 0.25) is 11.5 Å². The van der Waals surface area contributed by atoms with E-state index < -0.39 is 0 Å². The number of hydrogen-bond acceptors (Lipinski definition) is 6. The van der Waals surface area contributed by atoms with Gasteiger partial charge in [0.25, 0.3) is 5.91 Å². The minimum Gasteiger partial charge on any atom is -0.492 e. The molecule has 0 aliphatic rings. The Kier molecular flexibility index (Phi) is 10.3. The minimum absolute atomic E-state index is 0. The van der Waals surface area contributed by atoms with Gasteiger partial charge in [-0.1, -0.05) is 26.0 Å². The van der Waals surface area contributed by atoms with Gasteiger partial charge in [-0.3, -0.25) is 4.79 Å². The second-order valence-electron chi connectivity index (χ2n) is 6.91. The van der Waals surface area contributed by atoms with E-state index in [1.54, 1.807) is 6.07 Å². The number of hydrogen-bond donors (Lipinski definition) is 2. The van der Waals surface area contributed by atoms with E-state index in [-0.39, 0.29) is 24.1 Å². The SMILES string of the molecule is COc1c(Oc2ccc(CCN)cc2)cc(C(=O)NCC(C)C)c(OC)c1OC.Cl. The van der Waals surface area contributed by atoms with E-state index in [1.807, 2.05) is 38.1 Å². The maximum absolute atomic E-state index is 12.8. The van der Waals surface area contributed by atoms with Crippen LogP contribution >= 0.6 is 12.4 Å². The molecule has 0 saturated carbocycles. The average molecular weight is 439 g/mol. The normalized spacial score (nSPS) is 10.2. The zero-order valence-electron chi connectivity index (χ0n) is 18.1. The molecule has 166 valence electrons. The van der Waals surface area contributed by atoms with Crippen molar-refractivity contribution in [2.24, 2.45) is 11.7 Å². The fraction of sp³-hybridized carbons (Fsp3) is 0.409. The largest absolute Gasteiger partial charge is 0.492 e. The number of rotatable bonds is 10. The summed E-state index contributed by atoms with van der Waals surface area (Å²) >= 11 is 0. The molecule has 0 fully saturated rings. The van der Waals surface area contributed by atoms with Crippen molar-refractivity contribution >= 4 is 18.3 Å². The number of methoxy groups -OCH3 is 3. The lowest BCUT2D eigenvalue weighted by atomic mass is 10.1. The molecule has 3 N–H and O–H groups in total. The van der Waals surface area contributed by atoms with Gasteiger partial charge in [0.1, 0.15) is 5.75 Å². The van der Waals surface area contributed by atoms with Crippen LogP contribution in [-0.2, 0) is 6.42 Å². The smallest absolute Gasteiger partial charge is 0.255 e. The Morgan fingerprint density at radius 1 is 1.00 bits per heavy atom. The van der Waals surface area contributed by atoms with Gasteiger partial charge in [-0.15, -0.1) is 12.4 Å². The predicted octanol–water partition coefficient (Wildman–Crippen LogP) is 3.81. The third-order valence-corrected chi connectivity index (χ3v) is 4.27. The summed E-state index contributed by atoms with van der Waals surface area (Å²) in [6.45, 7) is 5.16. The van der Waals surface area contributed by atoms with Crippen molar-refractivity contribution in [1.29, 1.82) is 0 Å². The molecule has 2 rings (SSSR count). The van der Waals surface area contributed by atoms with E-state index in [4.69, 9.17) is 24.7 Å². The summed E-state index contributed by atoms with van der Waals surface area (Å²) in [7, 11) is 4.47. The molecule has 7 nitrogen and oxygen atoms in total. The van der Waals surface area contributed by atoms with Gasteiger partial charge >= 0.3 is 0 Å². The third-order valence-electron chi connectivity index (χ3n) is 4.27. The Labute approximate surface area is 184 Å². The number of halogens is 1. The Balaban J connectivity index is 0.00000450. The van der Waals surface area contributed by atoms with Crippen LogP contribution < -0.4 is 30.0 Å². The molecule has 0 bridgehead atoms. The first-order valence-electron chi connectivity index (χ1n) is 9.53. The van der Waals surface area contributed by atoms with Crippen LogP contribution in [0.2, 0.25) is 0 Å². The third kappa shape index (κ3) is 6.18. The van der Waals surface area contributed by atoms with Crippen molar-refractivity contribution in [3.8, 4) is 28.7 Å². The lowest BCUT2D eigenvalue weighted by molar-refractivity contribution is 0.0944. The second kappa shape index (κ2) is 12.1. The summed E-state index contributed by atoms with van der Waals surface area (Å²) in [5.74, 6) is 1.91. The molecule has 0 aromatic heterocycles. The maximum Gasteiger partial charge on any atom is 0.255 e. The molecule has 0 aliphatic heterocycles. The van der Waals surface area contributed by atoms with Crippen LogP contribution in [0.4, 0.5) is 0 Å². The van der Waals surface area contributed by atoms with E-state index in [9.17, 15) is 4.79 Å². The quantitative estimate of drug-likeness (QED) is 0.586. The summed E-state index contributed by atoms with van der Waals surface area (Å²) in [4.78, 5) is 12.8. The first-order chi connectivity index (χ1) is 13.9. The molecule has 0 saturated heterocycles. The second-order valence-corrected chi connectivity index (χ2v) is 6.91. The van der Waals surface area contributed by atoms with Crippen molar-refractivity contribution < 1.29 is 23.7 Å². The summed E-state index contributed by atoms with van der Waals surface area (Å²) in [6.07, 6.45) is 0.792. The molecule has 0 aliphatic carbocycles. The molecular formula is C22H31ClN2O5. The summed E-state index contributed by atoms with van der Waals surface area (Å²) in [5.41, 5.74) is 7.02. The van der Waals surface area contributed by atoms with Gasteiger partial charge in [0, 0.05) is 12.6 Å². The molecule has 30 heavy (non-hydrogen) atoms. The molecule has 0 spiro atoms. The van der Waals surface area contributed by atoms with Crippen LogP contribution in [0.15, 0.2) is 30.3 Å². The fourth-order valence-electron chi connectivity index (χ4n) is 2.84. The number of amides is 1. The molecule has 0 unspecified atom stereocenters. The van der Waals surface area contributed by atoms with Gasteiger partial charge in [-0.05, 0) is 36.6 Å². The number of nitrogens with one attached hydrogen (secondary N) is 1. The zero-order chi connectivity index (χ0) is 21.4. The van der Waals surface area contributed by atoms with Crippen molar-refractivity contribution in [3.05, 3.63) is 41.5 Å². The van der Waals surface area contributed by atoms with Crippen LogP contribution in [0.25, 0.3) is 0 Å². The van der Waals surface area contributed by atoms with Crippen LogP contribution in [0.1, 0.15) is 29.8 Å². The number of benzene rings is 2. The highest BCUT2D eigenvalue weighted by molar-refractivity contribution is 5.99. The Morgan fingerprint density at radius 3 is 2.10 bits per heavy atom. The first kappa shape index (κ1) is 25.4. The van der Waals surface area contributed by atoms with Crippen molar-refractivity contribution in [1.82, 2.24) is 5.32 Å². The maximum atomic E-state index is 12.8. The molecule has 2 aromatic carbocycles. The molecule has 2 aromatic rings. The lowest BCUT2D eigenvalue weighted by Gasteiger charge is -2.19. The first-order valence-corrected chi connectivity index (χ1v) is 9.53. The molecular weight excluding hydrogens is 408 g/mol. The lowest BCUT2D eigenvalue weighted by Crippen LogP contribution is -2.27. The summed E-state index contributed by atoms with van der Waals surface area (Å²) in [5, 5.41) is 2.89. The van der Waals surface area contributed by atoms with Crippen LogP contribution in [0.5, 0.6) is 28.7 Å². The Bertz CT molecular complexity index is 825. The molecule has 0 heterocycles. The van der Waals surface area contributed by atoms with Crippen molar-refractivity contribution in [2.45, 2.75) is 20.3 Å². The Hall–Kier alpha value is -2.64. The topological polar surface area (TPSA) is 92.0 Å². The molecule has 1 amide bonds. The van der Waals surface area contributed by atoms with Gasteiger partial charge in [0.05, 0.1) is 26.9 Å². The van der Waals surface area contributed by atoms with Gasteiger partial charge in [-0.25, -0.2) is 0 Å². The zero-order valence-corrected chi connectivity index (χ0v) is 18.9. The van der Waals surface area contributed by atoms with Gasteiger partial charge in [0.15, 0.2) is 11.5 Å². The predicted molar refractivity (Wildman–Crippen MR) is 120 cm³/mol. The highest BCUT2D eigenvalue weighted by Gasteiger charge is 2.26. The summed E-state index contributed by atoms with van der Waals surface area (Å²) < 4.78 is 22.5. The average Bonchev–Trinajstić information content (AvgIpc) is 2.72.